The lowest BCUT2D eigenvalue weighted by molar-refractivity contribution is -0.249. The second-order valence-electron chi connectivity index (χ2n) is 13.6. The highest BCUT2D eigenvalue weighted by Crippen LogP contribution is 2.33. The third kappa shape index (κ3) is 12.8. The van der Waals surface area contributed by atoms with Crippen LogP contribution < -0.4 is 10.6 Å². The number of unbranched alkanes of at least 4 members (excludes halogenated alkanes) is 6. The number of hydrogen-bond donors (Lipinski definition) is 3. The van der Waals surface area contributed by atoms with Crippen molar-refractivity contribution in [3.8, 4) is 0 Å². The van der Waals surface area contributed by atoms with Crippen molar-refractivity contribution >= 4 is 17.3 Å². The number of benzene rings is 4. The molecule has 0 bridgehead atoms. The molecule has 8 heteroatoms. The van der Waals surface area contributed by atoms with E-state index in [9.17, 15) is 5.11 Å². The minimum atomic E-state index is -1.04. The van der Waals surface area contributed by atoms with E-state index in [1.807, 2.05) is 121 Å². The molecule has 0 amide bonds. The van der Waals surface area contributed by atoms with Crippen LogP contribution in [0.3, 0.4) is 0 Å². The van der Waals surface area contributed by atoms with Gasteiger partial charge in [-0.05, 0) is 40.9 Å². The van der Waals surface area contributed by atoms with Crippen LogP contribution in [0.1, 0.15) is 74.1 Å². The summed E-state index contributed by atoms with van der Waals surface area (Å²) in [6.07, 6.45) is 4.78. The highest BCUT2D eigenvalue weighted by molar-refractivity contribution is 7.80. The maximum absolute atomic E-state index is 12.3. The third-order valence-electron chi connectivity index (χ3n) is 9.53. The van der Waals surface area contributed by atoms with Gasteiger partial charge in [0.15, 0.2) is 5.11 Å². The van der Waals surface area contributed by atoms with Crippen molar-refractivity contribution in [3.63, 3.8) is 0 Å². The maximum atomic E-state index is 12.3. The smallest absolute Gasteiger partial charge is 0.166 e. The molecule has 1 aliphatic carbocycles. The summed E-state index contributed by atoms with van der Waals surface area (Å²) < 4.78 is 27.0. The third-order valence-corrected chi connectivity index (χ3v) is 9.80. The summed E-state index contributed by atoms with van der Waals surface area (Å²) in [7, 11) is 0. The molecule has 5 rings (SSSR count). The van der Waals surface area contributed by atoms with Gasteiger partial charge in [-0.1, -0.05) is 167 Å². The van der Waals surface area contributed by atoms with Crippen LogP contribution in [0.25, 0.3) is 0 Å². The predicted octanol–water partition coefficient (Wildman–Crippen LogP) is 8.29. The molecule has 52 heavy (non-hydrogen) atoms. The topological polar surface area (TPSA) is 81.2 Å². The van der Waals surface area contributed by atoms with Crippen molar-refractivity contribution in [3.05, 3.63) is 144 Å². The molecule has 0 heterocycles. The average Bonchev–Trinajstić information content (AvgIpc) is 3.19. The van der Waals surface area contributed by atoms with Crippen molar-refractivity contribution in [1.29, 1.82) is 0 Å². The molecule has 6 atom stereocenters. The SMILES string of the molecule is CCCCCCCCCNC(=S)N[C@@H]1[C@H](O)[C@H](OCc2ccccc2)[C@@H](OCc2ccccc2)[C@H](OCc2ccccc2)[C@H]1OCc1ccccc1. The van der Waals surface area contributed by atoms with Gasteiger partial charge in [-0.15, -0.1) is 0 Å². The molecule has 0 aromatic heterocycles. The molecule has 1 fully saturated rings. The van der Waals surface area contributed by atoms with Gasteiger partial charge in [0.2, 0.25) is 0 Å². The molecule has 3 N–H and O–H groups in total. The van der Waals surface area contributed by atoms with Gasteiger partial charge in [-0.3, -0.25) is 0 Å². The molecule has 4 aromatic carbocycles. The van der Waals surface area contributed by atoms with Gasteiger partial charge in [0.25, 0.3) is 0 Å². The van der Waals surface area contributed by atoms with Crippen LogP contribution in [0.5, 0.6) is 0 Å². The standard InChI is InChI=1S/C44H56N2O5S/c1-2-3-4-5-6-7-20-29-45-44(52)46-38-39(47)41(49-31-35-23-14-9-15-24-35)43(51-33-37-27-18-11-19-28-37)42(50-32-36-25-16-10-17-26-36)40(38)48-30-34-21-12-8-13-22-34/h8-19,21-28,38-43,47H,2-7,20,29-33H2,1H3,(H2,45,46,52)/t38-,39+,40+,41+,42-,43-/m1/s1. The van der Waals surface area contributed by atoms with Gasteiger partial charge in [0.05, 0.1) is 32.5 Å². The summed E-state index contributed by atoms with van der Waals surface area (Å²) in [6.45, 7) is 4.25. The van der Waals surface area contributed by atoms with Crippen LogP contribution in [0.4, 0.5) is 0 Å². The van der Waals surface area contributed by atoms with E-state index in [1.165, 1.54) is 32.1 Å². The first-order valence-electron chi connectivity index (χ1n) is 19.0. The molecule has 7 nitrogen and oxygen atoms in total. The van der Waals surface area contributed by atoms with Crippen LogP contribution in [0.15, 0.2) is 121 Å². The fourth-order valence-corrected chi connectivity index (χ4v) is 6.90. The first-order valence-corrected chi connectivity index (χ1v) is 19.4. The van der Waals surface area contributed by atoms with Crippen LogP contribution in [0.2, 0.25) is 0 Å². The quantitative estimate of drug-likeness (QED) is 0.0586. The summed E-state index contributed by atoms with van der Waals surface area (Å²) in [5.74, 6) is 0. The highest BCUT2D eigenvalue weighted by atomic mass is 32.1. The van der Waals surface area contributed by atoms with E-state index < -0.39 is 36.6 Å². The zero-order chi connectivity index (χ0) is 36.2. The first kappa shape index (κ1) is 39.6. The minimum Gasteiger partial charge on any atom is -0.388 e. The van der Waals surface area contributed by atoms with Crippen LogP contribution in [-0.4, -0.2) is 53.3 Å². The molecule has 278 valence electrons. The molecular formula is C44H56N2O5S. The number of aliphatic hydroxyl groups is 1. The molecule has 4 aromatic rings. The summed E-state index contributed by atoms with van der Waals surface area (Å²) >= 11 is 5.86. The summed E-state index contributed by atoms with van der Waals surface area (Å²) in [4.78, 5) is 0. The van der Waals surface area contributed by atoms with Crippen molar-refractivity contribution in [1.82, 2.24) is 10.6 Å². The first-order chi connectivity index (χ1) is 25.6. The van der Waals surface area contributed by atoms with E-state index in [1.54, 1.807) is 0 Å². The summed E-state index contributed by atoms with van der Waals surface area (Å²) in [6, 6.07) is 39.5. The monoisotopic (exact) mass is 724 g/mol. The van der Waals surface area contributed by atoms with E-state index in [4.69, 9.17) is 31.2 Å². The number of hydrogen-bond acceptors (Lipinski definition) is 6. The Morgan fingerprint density at radius 2 is 0.885 bits per heavy atom. The van der Waals surface area contributed by atoms with Crippen LogP contribution in [-0.2, 0) is 45.4 Å². The fraction of sp³-hybridized carbons (Fsp3) is 0.432. The molecular weight excluding hydrogens is 669 g/mol. The maximum Gasteiger partial charge on any atom is 0.166 e. The van der Waals surface area contributed by atoms with Crippen molar-refractivity contribution < 1.29 is 24.1 Å². The van der Waals surface area contributed by atoms with E-state index in [0.717, 1.165) is 41.6 Å². The lowest BCUT2D eigenvalue weighted by Crippen LogP contribution is -2.70. The van der Waals surface area contributed by atoms with Gasteiger partial charge < -0.3 is 34.7 Å². The van der Waals surface area contributed by atoms with Crippen molar-refractivity contribution in [2.45, 2.75) is 115 Å². The second-order valence-corrected chi connectivity index (χ2v) is 14.0. The normalized spacial score (nSPS) is 21.4. The lowest BCUT2D eigenvalue weighted by Gasteiger charge is -2.49. The molecule has 0 spiro atoms. The zero-order valence-corrected chi connectivity index (χ0v) is 31.3. The summed E-state index contributed by atoms with van der Waals surface area (Å²) in [5, 5.41) is 19.6. The highest BCUT2D eigenvalue weighted by Gasteiger charge is 2.53. The Balaban J connectivity index is 1.41. The Labute approximate surface area is 316 Å². The Bertz CT molecular complexity index is 1530. The number of thiocarbonyl (C=S) groups is 1. The Morgan fingerprint density at radius 1 is 0.519 bits per heavy atom. The molecule has 1 aliphatic rings. The zero-order valence-electron chi connectivity index (χ0n) is 30.5. The predicted molar refractivity (Wildman–Crippen MR) is 212 cm³/mol. The Hall–Kier alpha value is -3.63. The van der Waals surface area contributed by atoms with E-state index in [-0.39, 0.29) is 0 Å². The van der Waals surface area contributed by atoms with E-state index >= 15 is 0 Å². The summed E-state index contributed by atoms with van der Waals surface area (Å²) in [5.41, 5.74) is 4.05. The molecule has 0 radical (unpaired) electrons. The Morgan fingerprint density at radius 3 is 1.33 bits per heavy atom. The van der Waals surface area contributed by atoms with E-state index in [0.29, 0.717) is 31.5 Å². The van der Waals surface area contributed by atoms with Gasteiger partial charge in [0.1, 0.15) is 30.5 Å². The Kier molecular flexibility index (Phi) is 17.1. The molecule has 1 saturated carbocycles. The lowest BCUT2D eigenvalue weighted by atomic mass is 9.82. The van der Waals surface area contributed by atoms with Gasteiger partial charge in [0, 0.05) is 6.54 Å². The largest absolute Gasteiger partial charge is 0.388 e. The molecule has 0 aliphatic heterocycles. The van der Waals surface area contributed by atoms with Gasteiger partial charge in [-0.25, -0.2) is 0 Å². The van der Waals surface area contributed by atoms with Gasteiger partial charge in [-0.2, -0.15) is 0 Å². The molecule has 0 saturated heterocycles. The molecule has 0 unspecified atom stereocenters. The number of aliphatic hydroxyl groups excluding tert-OH is 1. The van der Waals surface area contributed by atoms with Crippen LogP contribution >= 0.6 is 12.2 Å². The minimum absolute atomic E-state index is 0.294. The average molecular weight is 725 g/mol. The second kappa shape index (κ2) is 22.4. The number of nitrogens with one attached hydrogen (secondary N) is 2. The fourth-order valence-electron chi connectivity index (χ4n) is 6.66. The van der Waals surface area contributed by atoms with Gasteiger partial charge >= 0.3 is 0 Å². The van der Waals surface area contributed by atoms with Crippen molar-refractivity contribution in [2.24, 2.45) is 0 Å². The van der Waals surface area contributed by atoms with Crippen molar-refractivity contribution in [2.75, 3.05) is 6.54 Å². The van der Waals surface area contributed by atoms with Crippen LogP contribution in [0, 0.1) is 0 Å². The number of rotatable bonds is 21. The number of ether oxygens (including phenoxy) is 4. The van der Waals surface area contributed by atoms with E-state index in [2.05, 4.69) is 17.6 Å².